The first-order valence-corrected chi connectivity index (χ1v) is 8.13. The van der Waals surface area contributed by atoms with E-state index in [-0.39, 0.29) is 11.9 Å². The van der Waals surface area contributed by atoms with Crippen molar-refractivity contribution in [2.75, 3.05) is 33.3 Å². The number of aromatic nitrogens is 1. The molecule has 0 radical (unpaired) electrons. The maximum absolute atomic E-state index is 11.6. The van der Waals surface area contributed by atoms with Gasteiger partial charge in [0.25, 0.3) is 0 Å². The Morgan fingerprint density at radius 2 is 2.14 bits per heavy atom. The molecule has 3 rings (SSSR count). The zero-order chi connectivity index (χ0) is 15.5. The zero-order valence-corrected chi connectivity index (χ0v) is 13.5. The van der Waals surface area contributed by atoms with E-state index in [1.807, 2.05) is 6.20 Å². The van der Waals surface area contributed by atoms with E-state index in [1.54, 1.807) is 0 Å². The number of piperidine rings is 1. The van der Waals surface area contributed by atoms with Crippen molar-refractivity contribution in [1.82, 2.24) is 15.2 Å². The molecule has 22 heavy (non-hydrogen) atoms. The summed E-state index contributed by atoms with van der Waals surface area (Å²) in [4.78, 5) is 18.6. The Morgan fingerprint density at radius 3 is 2.68 bits per heavy atom. The van der Waals surface area contributed by atoms with Crippen LogP contribution in [0.15, 0.2) is 12.3 Å². The number of hydrogen-bond acceptors (Lipinski definition) is 5. The topological polar surface area (TPSA) is 54.5 Å². The number of esters is 1. The molecule has 0 spiro atoms. The van der Waals surface area contributed by atoms with Crippen molar-refractivity contribution in [3.8, 4) is 0 Å². The second kappa shape index (κ2) is 6.75. The minimum absolute atomic E-state index is 0.0596. The molecule has 2 aliphatic rings. The largest absolute Gasteiger partial charge is 0.469 e. The summed E-state index contributed by atoms with van der Waals surface area (Å²) in [5.41, 5.74) is 3.81. The molecule has 0 amide bonds. The molecule has 0 aliphatic carbocycles. The zero-order valence-electron chi connectivity index (χ0n) is 13.5. The van der Waals surface area contributed by atoms with Crippen LogP contribution in [0.5, 0.6) is 0 Å². The highest BCUT2D eigenvalue weighted by molar-refractivity contribution is 5.72. The Balaban J connectivity index is 1.55. The lowest BCUT2D eigenvalue weighted by atomic mass is 9.94. The Morgan fingerprint density at radius 1 is 1.41 bits per heavy atom. The van der Waals surface area contributed by atoms with Crippen LogP contribution >= 0.6 is 0 Å². The van der Waals surface area contributed by atoms with E-state index in [0.717, 1.165) is 45.6 Å². The van der Waals surface area contributed by atoms with Gasteiger partial charge in [-0.25, -0.2) is 0 Å². The maximum atomic E-state index is 11.6. The van der Waals surface area contributed by atoms with Crippen molar-refractivity contribution in [3.63, 3.8) is 0 Å². The summed E-state index contributed by atoms with van der Waals surface area (Å²) in [5, 5.41) is 3.30. The van der Waals surface area contributed by atoms with Crippen LogP contribution in [-0.4, -0.2) is 49.1 Å². The van der Waals surface area contributed by atoms with Crippen LogP contribution < -0.4 is 5.32 Å². The molecule has 1 N–H and O–H groups in total. The summed E-state index contributed by atoms with van der Waals surface area (Å²) in [6.45, 7) is 7.08. The molecule has 2 saturated heterocycles. The lowest BCUT2D eigenvalue weighted by Crippen LogP contribution is -2.40. The van der Waals surface area contributed by atoms with Crippen molar-refractivity contribution in [3.05, 3.63) is 29.1 Å². The standard InChI is InChI=1S/C17H25N3O2/c1-12-7-13(8-19-16(12)15-9-18-10-15)11-20-5-3-14(4-6-20)17(21)22-2/h7-8,14-15,18H,3-6,9-11H2,1-2H3. The van der Waals surface area contributed by atoms with Gasteiger partial charge in [0.05, 0.1) is 13.0 Å². The predicted octanol–water partition coefficient (Wildman–Crippen LogP) is 1.46. The Kier molecular flexibility index (Phi) is 4.74. The quantitative estimate of drug-likeness (QED) is 0.854. The molecule has 0 aromatic carbocycles. The SMILES string of the molecule is COC(=O)C1CCN(Cc2cnc(C3CNC3)c(C)c2)CC1. The molecular formula is C17H25N3O2. The lowest BCUT2D eigenvalue weighted by molar-refractivity contribution is -0.147. The van der Waals surface area contributed by atoms with E-state index in [1.165, 1.54) is 23.9 Å². The number of ether oxygens (including phenoxy) is 1. The molecule has 1 aromatic heterocycles. The average Bonchev–Trinajstić information content (AvgIpc) is 2.48. The maximum Gasteiger partial charge on any atom is 0.308 e. The van der Waals surface area contributed by atoms with E-state index in [9.17, 15) is 4.79 Å². The van der Waals surface area contributed by atoms with Crippen molar-refractivity contribution in [2.45, 2.75) is 32.2 Å². The lowest BCUT2D eigenvalue weighted by Gasteiger charge is -2.31. The van der Waals surface area contributed by atoms with Gasteiger partial charge in [0.1, 0.15) is 0 Å². The number of rotatable bonds is 4. The van der Waals surface area contributed by atoms with Gasteiger partial charge in [-0.3, -0.25) is 14.7 Å². The van der Waals surface area contributed by atoms with Crippen molar-refractivity contribution >= 4 is 5.97 Å². The molecule has 0 saturated carbocycles. The first-order chi connectivity index (χ1) is 10.7. The molecule has 0 bridgehead atoms. The summed E-state index contributed by atoms with van der Waals surface area (Å²) in [6.07, 6.45) is 3.81. The van der Waals surface area contributed by atoms with E-state index < -0.39 is 0 Å². The van der Waals surface area contributed by atoms with E-state index in [4.69, 9.17) is 4.74 Å². The molecule has 120 valence electrons. The van der Waals surface area contributed by atoms with Crippen molar-refractivity contribution in [1.29, 1.82) is 0 Å². The second-order valence-electron chi connectivity index (χ2n) is 6.47. The van der Waals surface area contributed by atoms with E-state index in [2.05, 4.69) is 28.2 Å². The first-order valence-electron chi connectivity index (χ1n) is 8.13. The average molecular weight is 303 g/mol. The van der Waals surface area contributed by atoms with Gasteiger partial charge in [0, 0.05) is 37.4 Å². The van der Waals surface area contributed by atoms with Crippen LogP contribution in [0.4, 0.5) is 0 Å². The highest BCUT2D eigenvalue weighted by Gasteiger charge is 2.26. The van der Waals surface area contributed by atoms with E-state index >= 15 is 0 Å². The van der Waals surface area contributed by atoms with Crippen molar-refractivity contribution in [2.24, 2.45) is 5.92 Å². The molecule has 2 fully saturated rings. The van der Waals surface area contributed by atoms with Gasteiger partial charge in [-0.15, -0.1) is 0 Å². The Labute approximate surface area is 132 Å². The minimum atomic E-state index is -0.0596. The fourth-order valence-electron chi connectivity index (χ4n) is 3.39. The number of likely N-dealkylation sites (tertiary alicyclic amines) is 1. The fraction of sp³-hybridized carbons (Fsp3) is 0.647. The van der Waals surface area contributed by atoms with Gasteiger partial charge in [0.15, 0.2) is 0 Å². The Hall–Kier alpha value is -1.46. The highest BCUT2D eigenvalue weighted by atomic mass is 16.5. The molecule has 1 aromatic rings. The van der Waals surface area contributed by atoms with Crippen LogP contribution in [0.2, 0.25) is 0 Å². The number of nitrogens with zero attached hydrogens (tertiary/aromatic N) is 2. The fourth-order valence-corrected chi connectivity index (χ4v) is 3.39. The molecule has 0 atom stereocenters. The monoisotopic (exact) mass is 303 g/mol. The number of aryl methyl sites for hydroxylation is 1. The molecule has 0 unspecified atom stereocenters. The van der Waals surface area contributed by atoms with Crippen LogP contribution in [0, 0.1) is 12.8 Å². The van der Waals surface area contributed by atoms with E-state index in [0.29, 0.717) is 5.92 Å². The number of hydrogen-bond donors (Lipinski definition) is 1. The minimum Gasteiger partial charge on any atom is -0.469 e. The summed E-state index contributed by atoms with van der Waals surface area (Å²) in [5.74, 6) is 0.607. The van der Waals surface area contributed by atoms with Crippen LogP contribution in [-0.2, 0) is 16.1 Å². The van der Waals surface area contributed by atoms with Gasteiger partial charge >= 0.3 is 5.97 Å². The molecular weight excluding hydrogens is 278 g/mol. The molecule has 5 nitrogen and oxygen atoms in total. The first kappa shape index (κ1) is 15.4. The summed E-state index contributed by atoms with van der Waals surface area (Å²) in [7, 11) is 1.47. The second-order valence-corrected chi connectivity index (χ2v) is 6.47. The third-order valence-corrected chi connectivity index (χ3v) is 4.87. The van der Waals surface area contributed by atoms with Crippen LogP contribution in [0.25, 0.3) is 0 Å². The molecule has 3 heterocycles. The number of carbonyl (C=O) groups excluding carboxylic acids is 1. The number of carbonyl (C=O) groups is 1. The van der Waals surface area contributed by atoms with Gasteiger partial charge < -0.3 is 10.1 Å². The van der Waals surface area contributed by atoms with Gasteiger partial charge in [-0.05, 0) is 44.0 Å². The molecule has 5 heteroatoms. The summed E-state index contributed by atoms with van der Waals surface area (Å²) < 4.78 is 4.84. The number of nitrogens with one attached hydrogen (secondary N) is 1. The Bertz CT molecular complexity index is 535. The highest BCUT2D eigenvalue weighted by Crippen LogP contribution is 2.23. The van der Waals surface area contributed by atoms with Crippen molar-refractivity contribution < 1.29 is 9.53 Å². The molecule has 2 aliphatic heterocycles. The normalized spacial score (nSPS) is 20.6. The third-order valence-electron chi connectivity index (χ3n) is 4.87. The van der Waals surface area contributed by atoms with Gasteiger partial charge in [-0.1, -0.05) is 6.07 Å². The number of methoxy groups -OCH3 is 1. The third kappa shape index (κ3) is 3.31. The number of pyridine rings is 1. The van der Waals surface area contributed by atoms with Gasteiger partial charge in [0.2, 0.25) is 0 Å². The summed E-state index contributed by atoms with van der Waals surface area (Å²) >= 11 is 0. The smallest absolute Gasteiger partial charge is 0.308 e. The van der Waals surface area contributed by atoms with Crippen LogP contribution in [0.1, 0.15) is 35.6 Å². The van der Waals surface area contributed by atoms with Gasteiger partial charge in [-0.2, -0.15) is 0 Å². The van der Waals surface area contributed by atoms with Crippen LogP contribution in [0.3, 0.4) is 0 Å². The summed E-state index contributed by atoms with van der Waals surface area (Å²) in [6, 6.07) is 2.27. The predicted molar refractivity (Wildman–Crippen MR) is 84.6 cm³/mol.